The molecule has 0 spiro atoms. The van der Waals surface area contributed by atoms with Crippen molar-refractivity contribution in [2.45, 2.75) is 38.6 Å². The Morgan fingerprint density at radius 3 is 2.43 bits per heavy atom. The lowest BCUT2D eigenvalue weighted by molar-refractivity contribution is -0.133. The lowest BCUT2D eigenvalue weighted by Crippen LogP contribution is -2.52. The van der Waals surface area contributed by atoms with E-state index in [1.807, 2.05) is 48.4 Å². The number of rotatable bonds is 5. The van der Waals surface area contributed by atoms with Crippen LogP contribution in [0.5, 0.6) is 0 Å². The number of aromatic amines is 1. The van der Waals surface area contributed by atoms with Crippen LogP contribution in [0, 0.1) is 11.8 Å². The standard InChI is InChI=1S/C28H35N5O2/c1-20(27(34)32-16-10-22(11-17-32)21-8-14-31(2)15-9-21)33(25-4-3-12-29-19-25)28(35)24-6-5-23-7-13-30-26(23)18-24/h3-7,12-13,18-22,30H,8-11,14-17H2,1-2H3/t20-/m1/s1. The van der Waals surface area contributed by atoms with Crippen molar-refractivity contribution in [1.82, 2.24) is 19.8 Å². The van der Waals surface area contributed by atoms with Crippen LogP contribution in [0.4, 0.5) is 5.69 Å². The van der Waals surface area contributed by atoms with Crippen LogP contribution in [-0.4, -0.2) is 70.9 Å². The van der Waals surface area contributed by atoms with Gasteiger partial charge in [0.15, 0.2) is 0 Å². The van der Waals surface area contributed by atoms with Gasteiger partial charge in [-0.2, -0.15) is 0 Å². The Morgan fingerprint density at radius 1 is 1.03 bits per heavy atom. The molecule has 2 amide bonds. The van der Waals surface area contributed by atoms with Crippen LogP contribution >= 0.6 is 0 Å². The highest BCUT2D eigenvalue weighted by Crippen LogP contribution is 2.33. The van der Waals surface area contributed by atoms with Crippen molar-refractivity contribution in [2.75, 3.05) is 38.1 Å². The van der Waals surface area contributed by atoms with Crippen molar-refractivity contribution in [3.8, 4) is 0 Å². The molecule has 2 aliphatic heterocycles. The van der Waals surface area contributed by atoms with Gasteiger partial charge in [0.2, 0.25) is 5.91 Å². The van der Waals surface area contributed by atoms with Gasteiger partial charge in [-0.05, 0) is 100 Å². The second-order valence-electron chi connectivity index (χ2n) is 10.1. The first kappa shape index (κ1) is 23.5. The highest BCUT2D eigenvalue weighted by molar-refractivity contribution is 6.10. The Hall–Kier alpha value is -3.19. The number of likely N-dealkylation sites (tertiary alicyclic amines) is 2. The minimum absolute atomic E-state index is 0.00461. The average molecular weight is 474 g/mol. The van der Waals surface area contributed by atoms with Crippen LogP contribution < -0.4 is 4.90 Å². The van der Waals surface area contributed by atoms with Crippen molar-refractivity contribution >= 4 is 28.4 Å². The van der Waals surface area contributed by atoms with Crippen molar-refractivity contribution in [2.24, 2.45) is 11.8 Å². The number of amides is 2. The summed E-state index contributed by atoms with van der Waals surface area (Å²) in [5, 5.41) is 1.05. The molecule has 2 aromatic heterocycles. The second-order valence-corrected chi connectivity index (χ2v) is 10.1. The molecule has 184 valence electrons. The molecule has 0 unspecified atom stereocenters. The Balaban J connectivity index is 1.31. The van der Waals surface area contributed by atoms with Crippen molar-refractivity contribution in [3.63, 3.8) is 0 Å². The molecule has 0 saturated carbocycles. The summed E-state index contributed by atoms with van der Waals surface area (Å²) in [7, 11) is 2.20. The van der Waals surface area contributed by atoms with E-state index in [-0.39, 0.29) is 11.8 Å². The fourth-order valence-corrected chi connectivity index (χ4v) is 5.80. The smallest absolute Gasteiger partial charge is 0.259 e. The highest BCUT2D eigenvalue weighted by atomic mass is 16.2. The third-order valence-electron chi connectivity index (χ3n) is 7.97. The molecule has 2 saturated heterocycles. The molecule has 7 nitrogen and oxygen atoms in total. The first-order valence-corrected chi connectivity index (χ1v) is 12.8. The summed E-state index contributed by atoms with van der Waals surface area (Å²) in [4.78, 5) is 40.7. The number of piperidine rings is 2. The molecule has 0 bridgehead atoms. The molecule has 1 aromatic carbocycles. The van der Waals surface area contributed by atoms with Gasteiger partial charge in [-0.15, -0.1) is 0 Å². The van der Waals surface area contributed by atoms with E-state index >= 15 is 0 Å². The second kappa shape index (κ2) is 10.2. The van der Waals surface area contributed by atoms with E-state index < -0.39 is 6.04 Å². The van der Waals surface area contributed by atoms with Gasteiger partial charge in [0.1, 0.15) is 6.04 Å². The largest absolute Gasteiger partial charge is 0.361 e. The molecule has 7 heteroatoms. The van der Waals surface area contributed by atoms with Gasteiger partial charge in [0, 0.05) is 36.6 Å². The normalized spacial score (nSPS) is 19.1. The number of carbonyl (C=O) groups excluding carboxylic acids is 2. The van der Waals surface area contributed by atoms with Crippen LogP contribution in [0.2, 0.25) is 0 Å². The van der Waals surface area contributed by atoms with Crippen LogP contribution in [0.15, 0.2) is 55.0 Å². The third-order valence-corrected chi connectivity index (χ3v) is 7.97. The summed E-state index contributed by atoms with van der Waals surface area (Å²) in [6.45, 7) is 5.73. The summed E-state index contributed by atoms with van der Waals surface area (Å²) in [5.41, 5.74) is 2.08. The summed E-state index contributed by atoms with van der Waals surface area (Å²) in [6.07, 6.45) is 9.83. The van der Waals surface area contributed by atoms with E-state index in [9.17, 15) is 9.59 Å². The van der Waals surface area contributed by atoms with Crippen LogP contribution in [0.25, 0.3) is 10.9 Å². The van der Waals surface area contributed by atoms with Gasteiger partial charge in [0.05, 0.1) is 11.9 Å². The predicted molar refractivity (Wildman–Crippen MR) is 138 cm³/mol. The van der Waals surface area contributed by atoms with E-state index in [0.29, 0.717) is 17.2 Å². The maximum Gasteiger partial charge on any atom is 0.259 e. The van der Waals surface area contributed by atoms with Crippen LogP contribution in [-0.2, 0) is 4.79 Å². The molecule has 2 aliphatic rings. The molecular formula is C28H35N5O2. The Labute approximate surface area is 207 Å². The number of hydrogen-bond acceptors (Lipinski definition) is 4. The minimum Gasteiger partial charge on any atom is -0.361 e. The molecule has 5 rings (SSSR count). The van der Waals surface area contributed by atoms with Gasteiger partial charge in [-0.3, -0.25) is 19.5 Å². The Morgan fingerprint density at radius 2 is 1.74 bits per heavy atom. The quantitative estimate of drug-likeness (QED) is 0.604. The lowest BCUT2D eigenvalue weighted by atomic mass is 9.79. The molecule has 4 heterocycles. The van der Waals surface area contributed by atoms with E-state index in [4.69, 9.17) is 0 Å². The van der Waals surface area contributed by atoms with Crippen molar-refractivity contribution in [1.29, 1.82) is 0 Å². The number of carbonyl (C=O) groups is 2. The third kappa shape index (κ3) is 4.96. The van der Waals surface area contributed by atoms with E-state index in [2.05, 4.69) is 21.9 Å². The fourth-order valence-electron chi connectivity index (χ4n) is 5.80. The fraction of sp³-hybridized carbons (Fsp3) is 0.464. The van der Waals surface area contributed by atoms with Crippen molar-refractivity contribution in [3.05, 3.63) is 60.6 Å². The number of nitrogens with zero attached hydrogens (tertiary/aromatic N) is 4. The van der Waals surface area contributed by atoms with E-state index in [0.717, 1.165) is 42.8 Å². The number of benzene rings is 1. The highest BCUT2D eigenvalue weighted by Gasteiger charge is 2.35. The summed E-state index contributed by atoms with van der Waals surface area (Å²) in [5.74, 6) is 1.28. The SMILES string of the molecule is C[C@H](C(=O)N1CCC(C2CCN(C)CC2)CC1)N(C(=O)c1ccc2cc[nH]c2c1)c1cccnc1. The number of anilines is 1. The molecule has 0 aliphatic carbocycles. The number of H-pyrrole nitrogens is 1. The summed E-state index contributed by atoms with van der Waals surface area (Å²) in [6, 6.07) is 10.6. The average Bonchev–Trinajstić information content (AvgIpc) is 3.37. The molecule has 1 atom stereocenters. The molecular weight excluding hydrogens is 438 g/mol. The number of nitrogens with one attached hydrogen (secondary N) is 1. The van der Waals surface area contributed by atoms with Gasteiger partial charge in [0.25, 0.3) is 5.91 Å². The van der Waals surface area contributed by atoms with Crippen molar-refractivity contribution < 1.29 is 9.59 Å². The predicted octanol–water partition coefficient (Wildman–Crippen LogP) is 4.18. The number of hydrogen-bond donors (Lipinski definition) is 1. The molecule has 3 aromatic rings. The van der Waals surface area contributed by atoms with Crippen LogP contribution in [0.1, 0.15) is 43.0 Å². The van der Waals surface area contributed by atoms with Gasteiger partial charge < -0.3 is 14.8 Å². The maximum absolute atomic E-state index is 13.7. The monoisotopic (exact) mass is 473 g/mol. The van der Waals surface area contributed by atoms with Crippen LogP contribution in [0.3, 0.4) is 0 Å². The minimum atomic E-state index is -0.620. The van der Waals surface area contributed by atoms with Gasteiger partial charge >= 0.3 is 0 Å². The lowest BCUT2D eigenvalue weighted by Gasteiger charge is -2.41. The summed E-state index contributed by atoms with van der Waals surface area (Å²) >= 11 is 0. The van der Waals surface area contributed by atoms with E-state index in [1.54, 1.807) is 23.4 Å². The van der Waals surface area contributed by atoms with Gasteiger partial charge in [-0.1, -0.05) is 6.07 Å². The number of fused-ring (bicyclic) bond motifs is 1. The zero-order chi connectivity index (χ0) is 24.4. The maximum atomic E-state index is 13.7. The Bertz CT molecular complexity index is 1160. The molecule has 35 heavy (non-hydrogen) atoms. The molecule has 1 N–H and O–H groups in total. The first-order chi connectivity index (χ1) is 17.0. The zero-order valence-electron chi connectivity index (χ0n) is 20.7. The topological polar surface area (TPSA) is 72.5 Å². The first-order valence-electron chi connectivity index (χ1n) is 12.8. The van der Waals surface area contributed by atoms with Gasteiger partial charge in [-0.25, -0.2) is 0 Å². The number of aromatic nitrogens is 2. The Kier molecular flexibility index (Phi) is 6.86. The number of pyridine rings is 1. The summed E-state index contributed by atoms with van der Waals surface area (Å²) < 4.78 is 0. The molecule has 0 radical (unpaired) electrons. The molecule has 2 fully saturated rings. The van der Waals surface area contributed by atoms with E-state index in [1.165, 1.54) is 25.9 Å². The zero-order valence-corrected chi connectivity index (χ0v) is 20.7.